The Balaban J connectivity index is 1.94. The van der Waals surface area contributed by atoms with Gasteiger partial charge in [0.25, 0.3) is 0 Å². The third-order valence-electron chi connectivity index (χ3n) is 4.48. The van der Waals surface area contributed by atoms with Crippen LogP contribution in [0.5, 0.6) is 0 Å². The second kappa shape index (κ2) is 6.48. The molecule has 0 radical (unpaired) electrons. The van der Waals surface area contributed by atoms with Gasteiger partial charge in [0.05, 0.1) is 11.0 Å². The van der Waals surface area contributed by atoms with Crippen LogP contribution >= 0.6 is 0 Å². The summed E-state index contributed by atoms with van der Waals surface area (Å²) in [7, 11) is 1.86. The van der Waals surface area contributed by atoms with E-state index in [1.165, 1.54) is 12.8 Å². The average Bonchev–Trinajstić information content (AvgIpc) is 3.13. The number of nitrogens with one attached hydrogen (secondary N) is 2. The second-order valence-corrected chi connectivity index (χ2v) is 6.18. The molecule has 1 amide bonds. The standard InChI is InChI=1S/C17H24N4O/c1-12(11-18-2)16(22)20-17-19-14-9-5-6-10-15(14)21(17)13-7-3-4-8-13/h5-6,9-10,12-13,18H,3-4,7-8,11H2,1-2H3,(H,19,20,22). The van der Waals surface area contributed by atoms with Crippen LogP contribution in [-0.2, 0) is 4.79 Å². The first-order valence-electron chi connectivity index (χ1n) is 8.13. The fourth-order valence-corrected chi connectivity index (χ4v) is 3.30. The van der Waals surface area contributed by atoms with Crippen LogP contribution in [0.15, 0.2) is 24.3 Å². The van der Waals surface area contributed by atoms with E-state index < -0.39 is 0 Å². The number of carbonyl (C=O) groups is 1. The quantitative estimate of drug-likeness (QED) is 0.892. The van der Waals surface area contributed by atoms with Crippen LogP contribution in [0.1, 0.15) is 38.6 Å². The number of anilines is 1. The fourth-order valence-electron chi connectivity index (χ4n) is 3.30. The summed E-state index contributed by atoms with van der Waals surface area (Å²) in [4.78, 5) is 17.0. The minimum atomic E-state index is -0.0816. The van der Waals surface area contributed by atoms with Crippen molar-refractivity contribution in [1.82, 2.24) is 14.9 Å². The number of fused-ring (bicyclic) bond motifs is 1. The molecule has 1 unspecified atom stereocenters. The highest BCUT2D eigenvalue weighted by atomic mass is 16.2. The van der Waals surface area contributed by atoms with Crippen molar-refractivity contribution in [2.75, 3.05) is 18.9 Å². The Kier molecular flexibility index (Phi) is 4.43. The van der Waals surface area contributed by atoms with Crippen LogP contribution in [0.2, 0.25) is 0 Å². The van der Waals surface area contributed by atoms with Crippen LogP contribution in [0.4, 0.5) is 5.95 Å². The highest BCUT2D eigenvalue weighted by Crippen LogP contribution is 2.35. The molecule has 0 spiro atoms. The smallest absolute Gasteiger partial charge is 0.230 e. The Labute approximate surface area is 131 Å². The van der Waals surface area contributed by atoms with Crippen molar-refractivity contribution in [2.24, 2.45) is 5.92 Å². The fraction of sp³-hybridized carbons (Fsp3) is 0.529. The predicted octanol–water partition coefficient (Wildman–Crippen LogP) is 2.95. The molecular formula is C17H24N4O. The van der Waals surface area contributed by atoms with Crippen molar-refractivity contribution >= 4 is 22.9 Å². The topological polar surface area (TPSA) is 59.0 Å². The number of para-hydroxylation sites is 2. The maximum absolute atomic E-state index is 12.3. The molecule has 3 rings (SSSR count). The molecule has 118 valence electrons. The van der Waals surface area contributed by atoms with Crippen LogP contribution in [0.25, 0.3) is 11.0 Å². The number of amides is 1. The van der Waals surface area contributed by atoms with Crippen LogP contribution in [0.3, 0.4) is 0 Å². The largest absolute Gasteiger partial charge is 0.319 e. The summed E-state index contributed by atoms with van der Waals surface area (Å²) in [6.45, 7) is 2.59. The minimum absolute atomic E-state index is 0.0175. The van der Waals surface area contributed by atoms with Gasteiger partial charge in [-0.3, -0.25) is 10.1 Å². The van der Waals surface area contributed by atoms with E-state index in [0.29, 0.717) is 18.5 Å². The van der Waals surface area contributed by atoms with E-state index in [1.54, 1.807) is 0 Å². The Morgan fingerprint density at radius 2 is 2.09 bits per heavy atom. The SMILES string of the molecule is CNCC(C)C(=O)Nc1nc2ccccc2n1C1CCCC1. The maximum Gasteiger partial charge on any atom is 0.230 e. The third kappa shape index (κ3) is 2.86. The zero-order valence-corrected chi connectivity index (χ0v) is 13.3. The van der Waals surface area contributed by atoms with Gasteiger partial charge in [0, 0.05) is 18.5 Å². The molecule has 1 saturated carbocycles. The molecule has 5 nitrogen and oxygen atoms in total. The van der Waals surface area contributed by atoms with Crippen LogP contribution < -0.4 is 10.6 Å². The summed E-state index contributed by atoms with van der Waals surface area (Å²) < 4.78 is 2.23. The number of benzene rings is 1. The monoisotopic (exact) mass is 300 g/mol. The first-order chi connectivity index (χ1) is 10.7. The number of imidazole rings is 1. The van der Waals surface area contributed by atoms with Crippen molar-refractivity contribution in [1.29, 1.82) is 0 Å². The lowest BCUT2D eigenvalue weighted by molar-refractivity contribution is -0.119. The number of hydrogen-bond donors (Lipinski definition) is 2. The number of rotatable bonds is 5. The van der Waals surface area contributed by atoms with E-state index in [-0.39, 0.29) is 11.8 Å². The van der Waals surface area contributed by atoms with Crippen molar-refractivity contribution in [3.05, 3.63) is 24.3 Å². The van der Waals surface area contributed by atoms with E-state index in [2.05, 4.69) is 26.3 Å². The van der Waals surface area contributed by atoms with Gasteiger partial charge in [0.2, 0.25) is 11.9 Å². The van der Waals surface area contributed by atoms with E-state index in [9.17, 15) is 4.79 Å². The lowest BCUT2D eigenvalue weighted by atomic mass is 10.1. The Bertz CT molecular complexity index is 658. The van der Waals surface area contributed by atoms with E-state index in [4.69, 9.17) is 0 Å². The van der Waals surface area contributed by atoms with E-state index in [1.807, 2.05) is 32.2 Å². The summed E-state index contributed by atoms with van der Waals surface area (Å²) >= 11 is 0. The lowest BCUT2D eigenvalue weighted by Crippen LogP contribution is -2.29. The molecule has 1 aliphatic carbocycles. The molecule has 1 heterocycles. The van der Waals surface area contributed by atoms with Gasteiger partial charge in [-0.1, -0.05) is 31.9 Å². The minimum Gasteiger partial charge on any atom is -0.319 e. The molecule has 0 aliphatic heterocycles. The van der Waals surface area contributed by atoms with Gasteiger partial charge in [-0.25, -0.2) is 4.98 Å². The Morgan fingerprint density at radius 3 is 2.82 bits per heavy atom. The number of hydrogen-bond acceptors (Lipinski definition) is 3. The molecule has 0 saturated heterocycles. The van der Waals surface area contributed by atoms with Crippen molar-refractivity contribution in [3.8, 4) is 0 Å². The van der Waals surface area contributed by atoms with Gasteiger partial charge < -0.3 is 9.88 Å². The molecular weight excluding hydrogens is 276 g/mol. The van der Waals surface area contributed by atoms with Crippen LogP contribution in [-0.4, -0.2) is 29.1 Å². The molecule has 1 atom stereocenters. The highest BCUT2D eigenvalue weighted by Gasteiger charge is 2.24. The summed E-state index contributed by atoms with van der Waals surface area (Å²) in [6.07, 6.45) is 4.83. The summed E-state index contributed by atoms with van der Waals surface area (Å²) in [5.74, 6) is 0.631. The lowest BCUT2D eigenvalue weighted by Gasteiger charge is -2.18. The Morgan fingerprint density at radius 1 is 1.36 bits per heavy atom. The summed E-state index contributed by atoms with van der Waals surface area (Å²) in [5.41, 5.74) is 2.07. The van der Waals surface area contributed by atoms with Gasteiger partial charge in [0.15, 0.2) is 0 Å². The molecule has 1 fully saturated rings. The Hall–Kier alpha value is -1.88. The second-order valence-electron chi connectivity index (χ2n) is 6.18. The molecule has 0 bridgehead atoms. The van der Waals surface area contributed by atoms with Gasteiger partial charge in [-0.2, -0.15) is 0 Å². The molecule has 1 aromatic carbocycles. The molecule has 5 heteroatoms. The zero-order chi connectivity index (χ0) is 15.5. The first-order valence-corrected chi connectivity index (χ1v) is 8.13. The summed E-state index contributed by atoms with van der Waals surface area (Å²) in [6, 6.07) is 8.57. The van der Waals surface area contributed by atoms with Crippen molar-refractivity contribution in [2.45, 2.75) is 38.6 Å². The maximum atomic E-state index is 12.3. The van der Waals surface area contributed by atoms with Gasteiger partial charge in [0.1, 0.15) is 0 Å². The van der Waals surface area contributed by atoms with Crippen molar-refractivity contribution in [3.63, 3.8) is 0 Å². The normalized spacial score (nSPS) is 17.0. The molecule has 2 aromatic rings. The molecule has 1 aliphatic rings. The predicted molar refractivity (Wildman–Crippen MR) is 89.0 cm³/mol. The van der Waals surface area contributed by atoms with Gasteiger partial charge in [-0.15, -0.1) is 0 Å². The van der Waals surface area contributed by atoms with Gasteiger partial charge in [-0.05, 0) is 32.0 Å². The number of nitrogens with zero attached hydrogens (tertiary/aromatic N) is 2. The molecule has 22 heavy (non-hydrogen) atoms. The molecule has 1 aromatic heterocycles. The summed E-state index contributed by atoms with van der Waals surface area (Å²) in [5, 5.41) is 6.08. The van der Waals surface area contributed by atoms with Crippen molar-refractivity contribution < 1.29 is 4.79 Å². The van der Waals surface area contributed by atoms with Crippen LogP contribution in [0, 0.1) is 5.92 Å². The zero-order valence-electron chi connectivity index (χ0n) is 13.3. The molecule has 2 N–H and O–H groups in total. The third-order valence-corrected chi connectivity index (χ3v) is 4.48. The van der Waals surface area contributed by atoms with E-state index in [0.717, 1.165) is 23.9 Å². The number of carbonyl (C=O) groups excluding carboxylic acids is 1. The van der Waals surface area contributed by atoms with Gasteiger partial charge >= 0.3 is 0 Å². The first kappa shape index (κ1) is 15.0. The highest BCUT2D eigenvalue weighted by molar-refractivity contribution is 5.93. The average molecular weight is 300 g/mol. The van der Waals surface area contributed by atoms with E-state index >= 15 is 0 Å². The number of aromatic nitrogens is 2.